The van der Waals surface area contributed by atoms with Crippen LogP contribution in [0, 0.1) is 5.92 Å². The van der Waals surface area contributed by atoms with Gasteiger partial charge in [0.2, 0.25) is 0 Å². The summed E-state index contributed by atoms with van der Waals surface area (Å²) in [5, 5.41) is 0. The highest BCUT2D eigenvalue weighted by atomic mass is 16.5. The summed E-state index contributed by atoms with van der Waals surface area (Å²) in [6.07, 6.45) is 8.04. The zero-order valence-corrected chi connectivity index (χ0v) is 19.8. The number of allylic oxidation sites excluding steroid dienone is 1. The molecule has 0 saturated carbocycles. The molecule has 2 nitrogen and oxygen atoms in total. The molecule has 0 heterocycles. The van der Waals surface area contributed by atoms with Gasteiger partial charge >= 0.3 is 0 Å². The molecule has 0 aliphatic heterocycles. The molecule has 2 heteroatoms. The van der Waals surface area contributed by atoms with E-state index in [1.165, 1.54) is 38.5 Å². The summed E-state index contributed by atoms with van der Waals surface area (Å²) in [7, 11) is 1.81. The summed E-state index contributed by atoms with van der Waals surface area (Å²) in [6.45, 7) is 13.3. The van der Waals surface area contributed by atoms with Crippen LogP contribution in [0.5, 0.6) is 0 Å². The van der Waals surface area contributed by atoms with Crippen molar-refractivity contribution in [3.63, 3.8) is 0 Å². The number of Topliss-reactive ketones (excluding diaryl/α,β-unsaturated/α-hetero) is 1. The van der Waals surface area contributed by atoms with Crippen LogP contribution in [0.25, 0.3) is 5.57 Å². The van der Waals surface area contributed by atoms with E-state index in [4.69, 9.17) is 4.74 Å². The Labute approximate surface area is 185 Å². The molecule has 0 aliphatic rings. The van der Waals surface area contributed by atoms with E-state index in [2.05, 4.69) is 20.4 Å². The van der Waals surface area contributed by atoms with E-state index < -0.39 is 0 Å². The van der Waals surface area contributed by atoms with E-state index in [1.807, 2.05) is 69.5 Å². The van der Waals surface area contributed by atoms with Crippen molar-refractivity contribution in [2.24, 2.45) is 5.92 Å². The van der Waals surface area contributed by atoms with Crippen LogP contribution in [-0.2, 0) is 4.74 Å². The van der Waals surface area contributed by atoms with Gasteiger partial charge in [-0.25, -0.2) is 0 Å². The lowest BCUT2D eigenvalue weighted by Crippen LogP contribution is -2.07. The SMILES string of the molecule is C=C(C(=O)c1ccccc1)c1ccccc1.CC.CCCCC(CCCC)COC. The maximum absolute atomic E-state index is 12.0. The maximum Gasteiger partial charge on any atom is 0.193 e. The number of ketones is 1. The Morgan fingerprint density at radius 3 is 1.67 bits per heavy atom. The van der Waals surface area contributed by atoms with Gasteiger partial charge in [-0.1, -0.05) is 121 Å². The summed E-state index contributed by atoms with van der Waals surface area (Å²) >= 11 is 0. The monoisotopic (exact) mass is 410 g/mol. The number of hydrogen-bond donors (Lipinski definition) is 0. The van der Waals surface area contributed by atoms with Crippen molar-refractivity contribution >= 4 is 11.4 Å². The van der Waals surface area contributed by atoms with Gasteiger partial charge in [-0.3, -0.25) is 4.79 Å². The molecular formula is C28H42O2. The Morgan fingerprint density at radius 1 is 0.833 bits per heavy atom. The Kier molecular flexibility index (Phi) is 17.4. The third kappa shape index (κ3) is 11.7. The summed E-state index contributed by atoms with van der Waals surface area (Å²) in [6, 6.07) is 18.7. The van der Waals surface area contributed by atoms with Gasteiger partial charge in [0.15, 0.2) is 5.78 Å². The summed E-state index contributed by atoms with van der Waals surface area (Å²) in [5.74, 6) is 0.793. The van der Waals surface area contributed by atoms with Gasteiger partial charge in [0.25, 0.3) is 0 Å². The molecule has 2 aromatic carbocycles. The smallest absolute Gasteiger partial charge is 0.193 e. The normalized spacial score (nSPS) is 9.80. The second-order valence-electron chi connectivity index (χ2n) is 7.15. The molecule has 0 unspecified atom stereocenters. The van der Waals surface area contributed by atoms with Gasteiger partial charge in [-0.05, 0) is 24.3 Å². The Balaban J connectivity index is 0.000000540. The molecule has 0 saturated heterocycles. The molecule has 0 atom stereocenters. The van der Waals surface area contributed by atoms with Gasteiger partial charge in [-0.15, -0.1) is 0 Å². The Morgan fingerprint density at radius 2 is 1.27 bits per heavy atom. The molecule has 0 bridgehead atoms. The van der Waals surface area contributed by atoms with Crippen molar-refractivity contribution in [3.05, 3.63) is 78.4 Å². The van der Waals surface area contributed by atoms with Crippen molar-refractivity contribution in [3.8, 4) is 0 Å². The second kappa shape index (κ2) is 18.8. The average molecular weight is 411 g/mol. The molecule has 0 aromatic heterocycles. The van der Waals surface area contributed by atoms with Crippen LogP contribution in [0.1, 0.15) is 82.1 Å². The summed E-state index contributed by atoms with van der Waals surface area (Å²) in [4.78, 5) is 12.0. The second-order valence-corrected chi connectivity index (χ2v) is 7.15. The van der Waals surface area contributed by atoms with Crippen LogP contribution in [-0.4, -0.2) is 19.5 Å². The third-order valence-electron chi connectivity index (χ3n) is 4.77. The molecule has 30 heavy (non-hydrogen) atoms. The summed E-state index contributed by atoms with van der Waals surface area (Å²) in [5.41, 5.74) is 2.08. The van der Waals surface area contributed by atoms with Crippen LogP contribution in [0.2, 0.25) is 0 Å². The maximum atomic E-state index is 12.0. The van der Waals surface area contributed by atoms with E-state index in [0.29, 0.717) is 11.1 Å². The van der Waals surface area contributed by atoms with Crippen molar-refractivity contribution in [1.29, 1.82) is 0 Å². The fourth-order valence-electron chi connectivity index (χ4n) is 3.07. The number of carbonyl (C=O) groups excluding carboxylic acids is 1. The standard InChI is InChI=1S/C15H12O.C11H24O.C2H6/c1-12(13-8-4-2-5-9-13)15(16)14-10-6-3-7-11-14;1-4-6-8-11(10-12-3)9-7-5-2;1-2/h2-11H,1H2;11H,4-10H2,1-3H3;1-2H3. The lowest BCUT2D eigenvalue weighted by atomic mass is 9.97. The predicted octanol–water partition coefficient (Wildman–Crippen LogP) is 8.24. The fourth-order valence-corrected chi connectivity index (χ4v) is 3.07. The number of rotatable bonds is 11. The molecule has 0 fully saturated rings. The molecule has 2 aromatic rings. The van der Waals surface area contributed by atoms with Crippen LogP contribution in [0.3, 0.4) is 0 Å². The molecule has 2 rings (SSSR count). The first-order valence-electron chi connectivity index (χ1n) is 11.5. The molecular weight excluding hydrogens is 368 g/mol. The first-order chi connectivity index (χ1) is 14.6. The zero-order chi connectivity index (χ0) is 22.6. The minimum Gasteiger partial charge on any atom is -0.384 e. The zero-order valence-electron chi connectivity index (χ0n) is 19.8. The highest BCUT2D eigenvalue weighted by molar-refractivity contribution is 6.28. The van der Waals surface area contributed by atoms with E-state index in [-0.39, 0.29) is 5.78 Å². The van der Waals surface area contributed by atoms with E-state index in [1.54, 1.807) is 12.1 Å². The number of ether oxygens (including phenoxy) is 1. The van der Waals surface area contributed by atoms with Gasteiger partial charge in [0, 0.05) is 24.9 Å². The van der Waals surface area contributed by atoms with Gasteiger partial charge in [-0.2, -0.15) is 0 Å². The van der Waals surface area contributed by atoms with Gasteiger partial charge < -0.3 is 4.74 Å². The highest BCUT2D eigenvalue weighted by Gasteiger charge is 2.10. The van der Waals surface area contributed by atoms with Crippen LogP contribution >= 0.6 is 0 Å². The molecule has 0 spiro atoms. The molecule has 0 N–H and O–H groups in total. The molecule has 0 amide bonds. The largest absolute Gasteiger partial charge is 0.384 e. The van der Waals surface area contributed by atoms with Crippen LogP contribution in [0.4, 0.5) is 0 Å². The van der Waals surface area contributed by atoms with Crippen molar-refractivity contribution in [2.75, 3.05) is 13.7 Å². The van der Waals surface area contributed by atoms with Crippen LogP contribution in [0.15, 0.2) is 67.2 Å². The number of benzene rings is 2. The van der Waals surface area contributed by atoms with Crippen molar-refractivity contribution in [2.45, 2.75) is 66.2 Å². The number of carbonyl (C=O) groups is 1. The average Bonchev–Trinajstić information content (AvgIpc) is 2.82. The first kappa shape index (κ1) is 27.8. The minimum absolute atomic E-state index is 0.0215. The van der Waals surface area contributed by atoms with Crippen molar-refractivity contribution in [1.82, 2.24) is 0 Å². The molecule has 0 aliphatic carbocycles. The Hall–Kier alpha value is -2.19. The highest BCUT2D eigenvalue weighted by Crippen LogP contribution is 2.17. The molecule has 166 valence electrons. The summed E-state index contributed by atoms with van der Waals surface area (Å²) < 4.78 is 5.20. The van der Waals surface area contributed by atoms with E-state index in [9.17, 15) is 4.79 Å². The topological polar surface area (TPSA) is 26.3 Å². The lowest BCUT2D eigenvalue weighted by molar-refractivity contribution is 0.105. The predicted molar refractivity (Wildman–Crippen MR) is 132 cm³/mol. The molecule has 0 radical (unpaired) electrons. The van der Waals surface area contributed by atoms with Crippen molar-refractivity contribution < 1.29 is 9.53 Å². The third-order valence-corrected chi connectivity index (χ3v) is 4.77. The quantitative estimate of drug-likeness (QED) is 0.275. The number of hydrogen-bond acceptors (Lipinski definition) is 2. The van der Waals surface area contributed by atoms with Crippen LogP contribution < -0.4 is 0 Å². The lowest BCUT2D eigenvalue weighted by Gasteiger charge is -2.14. The minimum atomic E-state index is -0.0215. The fraction of sp³-hybridized carbons (Fsp3) is 0.464. The van der Waals surface area contributed by atoms with E-state index in [0.717, 1.165) is 18.1 Å². The number of methoxy groups -OCH3 is 1. The van der Waals surface area contributed by atoms with Gasteiger partial charge in [0.1, 0.15) is 0 Å². The van der Waals surface area contributed by atoms with Gasteiger partial charge in [0.05, 0.1) is 0 Å². The Bertz CT molecular complexity index is 604. The first-order valence-corrected chi connectivity index (χ1v) is 11.5. The van der Waals surface area contributed by atoms with E-state index >= 15 is 0 Å². The number of unbranched alkanes of at least 4 members (excludes halogenated alkanes) is 2.